The number of carbonyl (C=O) groups excluding carboxylic acids is 1. The van der Waals surface area contributed by atoms with Crippen molar-refractivity contribution in [3.8, 4) is 11.1 Å². The van der Waals surface area contributed by atoms with E-state index in [0.29, 0.717) is 6.42 Å². The van der Waals surface area contributed by atoms with Crippen molar-refractivity contribution in [2.75, 3.05) is 5.32 Å². The molecule has 0 fully saturated rings. The summed E-state index contributed by atoms with van der Waals surface area (Å²) in [4.78, 5) is 12.4. The van der Waals surface area contributed by atoms with Crippen molar-refractivity contribution >= 4 is 11.6 Å². The molecule has 0 spiro atoms. The first-order valence-electron chi connectivity index (χ1n) is 9.45. The van der Waals surface area contributed by atoms with E-state index in [1.807, 2.05) is 32.0 Å². The molecule has 0 bridgehead atoms. The van der Waals surface area contributed by atoms with Crippen LogP contribution in [0.3, 0.4) is 0 Å². The maximum atomic E-state index is 12.4. The van der Waals surface area contributed by atoms with Gasteiger partial charge in [0.2, 0.25) is 5.91 Å². The molecule has 0 aliphatic heterocycles. The van der Waals surface area contributed by atoms with Gasteiger partial charge < -0.3 is 5.32 Å². The van der Waals surface area contributed by atoms with E-state index < -0.39 is 0 Å². The topological polar surface area (TPSA) is 33.0 Å². The largest absolute Gasteiger partial charge is 0.326 e. The average Bonchev–Trinajstić information content (AvgIpc) is 2.66. The molecule has 138 valence electrons. The highest BCUT2D eigenvalue weighted by atomic mass is 16.1. The molecule has 0 radical (unpaired) electrons. The number of rotatable bonds is 6. The monoisotopic (exact) mass is 359 g/mol. The molecule has 1 N–H and O–H groups in total. The third kappa shape index (κ3) is 5.04. The van der Waals surface area contributed by atoms with E-state index in [1.165, 1.54) is 16.7 Å². The van der Waals surface area contributed by atoms with Gasteiger partial charge in [-0.3, -0.25) is 4.79 Å². The summed E-state index contributed by atoms with van der Waals surface area (Å²) in [6.45, 7) is 6.98. The molecule has 2 aromatic carbocycles. The molecule has 3 rings (SSSR count). The summed E-state index contributed by atoms with van der Waals surface area (Å²) in [7, 11) is 0. The van der Waals surface area contributed by atoms with Crippen molar-refractivity contribution in [3.63, 3.8) is 0 Å². The average molecular weight is 359 g/mol. The number of carbonyl (C=O) groups is 1. The van der Waals surface area contributed by atoms with E-state index in [9.17, 15) is 4.79 Å². The molecule has 1 heterocycles. The maximum absolute atomic E-state index is 12.4. The number of pyridine rings is 1. The first kappa shape index (κ1) is 18.8. The van der Waals surface area contributed by atoms with Gasteiger partial charge in [-0.05, 0) is 43.5 Å². The lowest BCUT2D eigenvalue weighted by atomic mass is 10.0. The molecular weight excluding hydrogens is 332 g/mol. The Bertz CT molecular complexity index is 909. The minimum atomic E-state index is 0.0740. The second-order valence-corrected chi connectivity index (χ2v) is 7.12. The lowest BCUT2D eigenvalue weighted by Crippen LogP contribution is -2.33. The zero-order chi connectivity index (χ0) is 19.2. The highest BCUT2D eigenvalue weighted by Crippen LogP contribution is 2.22. The Labute approximate surface area is 161 Å². The lowest BCUT2D eigenvalue weighted by molar-refractivity contribution is -0.696. The summed E-state index contributed by atoms with van der Waals surface area (Å²) in [6.07, 6.45) is 5.51. The van der Waals surface area contributed by atoms with Crippen molar-refractivity contribution in [1.29, 1.82) is 0 Å². The zero-order valence-corrected chi connectivity index (χ0v) is 16.3. The maximum Gasteiger partial charge on any atom is 0.224 e. The van der Waals surface area contributed by atoms with Gasteiger partial charge in [0.1, 0.15) is 6.54 Å². The van der Waals surface area contributed by atoms with Gasteiger partial charge in [-0.15, -0.1) is 0 Å². The predicted octanol–water partition coefficient (Wildman–Crippen LogP) is 4.99. The molecule has 0 atom stereocenters. The number of nitrogens with zero attached hydrogens (tertiary/aromatic N) is 1. The van der Waals surface area contributed by atoms with Crippen molar-refractivity contribution < 1.29 is 9.36 Å². The summed E-state index contributed by atoms with van der Waals surface area (Å²) >= 11 is 0. The Morgan fingerprint density at radius 3 is 2.30 bits per heavy atom. The van der Waals surface area contributed by atoms with E-state index in [2.05, 4.69) is 65.6 Å². The Kier molecular flexibility index (Phi) is 6.02. The van der Waals surface area contributed by atoms with Crippen LogP contribution in [0.1, 0.15) is 29.5 Å². The molecule has 1 amide bonds. The van der Waals surface area contributed by atoms with Crippen LogP contribution in [-0.4, -0.2) is 5.91 Å². The van der Waals surface area contributed by atoms with Crippen LogP contribution in [0.25, 0.3) is 11.1 Å². The van der Waals surface area contributed by atoms with Crippen LogP contribution in [0.5, 0.6) is 0 Å². The molecule has 0 aliphatic carbocycles. The van der Waals surface area contributed by atoms with E-state index in [-0.39, 0.29) is 5.91 Å². The number of benzene rings is 2. The second-order valence-electron chi connectivity index (χ2n) is 7.12. The van der Waals surface area contributed by atoms with Gasteiger partial charge in [-0.2, -0.15) is 0 Å². The number of aromatic nitrogens is 1. The van der Waals surface area contributed by atoms with E-state index in [0.717, 1.165) is 29.8 Å². The summed E-state index contributed by atoms with van der Waals surface area (Å²) < 4.78 is 2.15. The SMILES string of the molecule is Cc1cc(C)c(NC(=O)CCC[n+]2cccc(-c3ccccc3)c2)c(C)c1. The summed E-state index contributed by atoms with van der Waals surface area (Å²) in [5.41, 5.74) is 6.79. The highest BCUT2D eigenvalue weighted by molar-refractivity contribution is 5.92. The van der Waals surface area contributed by atoms with Crippen molar-refractivity contribution in [1.82, 2.24) is 0 Å². The van der Waals surface area contributed by atoms with Gasteiger partial charge in [0, 0.05) is 30.2 Å². The Morgan fingerprint density at radius 1 is 0.926 bits per heavy atom. The van der Waals surface area contributed by atoms with Crippen LogP contribution in [-0.2, 0) is 11.3 Å². The minimum absolute atomic E-state index is 0.0740. The summed E-state index contributed by atoms with van der Waals surface area (Å²) in [6, 6.07) is 18.7. The molecule has 3 aromatic rings. The molecule has 27 heavy (non-hydrogen) atoms. The molecule has 0 saturated carbocycles. The number of hydrogen-bond donors (Lipinski definition) is 1. The third-order valence-electron chi connectivity index (χ3n) is 4.73. The van der Waals surface area contributed by atoms with E-state index in [4.69, 9.17) is 0 Å². The number of anilines is 1. The minimum Gasteiger partial charge on any atom is -0.326 e. The predicted molar refractivity (Wildman–Crippen MR) is 111 cm³/mol. The fourth-order valence-electron chi connectivity index (χ4n) is 3.46. The van der Waals surface area contributed by atoms with Crippen LogP contribution in [0.15, 0.2) is 67.0 Å². The molecular formula is C24H27N2O+. The molecule has 0 aliphatic rings. The lowest BCUT2D eigenvalue weighted by Gasteiger charge is -2.12. The number of hydrogen-bond acceptors (Lipinski definition) is 1. The Hall–Kier alpha value is -2.94. The van der Waals surface area contributed by atoms with Gasteiger partial charge in [-0.1, -0.05) is 48.0 Å². The highest BCUT2D eigenvalue weighted by Gasteiger charge is 2.10. The van der Waals surface area contributed by atoms with E-state index >= 15 is 0 Å². The number of nitrogens with one attached hydrogen (secondary N) is 1. The third-order valence-corrected chi connectivity index (χ3v) is 4.73. The molecule has 0 unspecified atom stereocenters. The number of aryl methyl sites for hydroxylation is 4. The van der Waals surface area contributed by atoms with Crippen molar-refractivity contribution in [2.24, 2.45) is 0 Å². The quantitative estimate of drug-likeness (QED) is 0.618. The van der Waals surface area contributed by atoms with Gasteiger partial charge in [0.15, 0.2) is 12.4 Å². The van der Waals surface area contributed by atoms with Crippen LogP contribution < -0.4 is 9.88 Å². The van der Waals surface area contributed by atoms with Crippen molar-refractivity contribution in [2.45, 2.75) is 40.2 Å². The van der Waals surface area contributed by atoms with Crippen LogP contribution in [0.2, 0.25) is 0 Å². The van der Waals surface area contributed by atoms with Gasteiger partial charge >= 0.3 is 0 Å². The standard InChI is InChI=1S/C24H26N2O/c1-18-15-19(2)24(20(3)16-18)25-23(27)12-8-14-26-13-7-11-22(17-26)21-9-5-4-6-10-21/h4-7,9-11,13,15-17H,8,12,14H2,1-3H3/p+1. The normalized spacial score (nSPS) is 10.6. The van der Waals surface area contributed by atoms with E-state index in [1.54, 1.807) is 0 Å². The zero-order valence-electron chi connectivity index (χ0n) is 16.3. The molecule has 3 heteroatoms. The number of amides is 1. The fraction of sp³-hybridized carbons (Fsp3) is 0.250. The van der Waals surface area contributed by atoms with Crippen LogP contribution in [0, 0.1) is 20.8 Å². The second kappa shape index (κ2) is 8.63. The Morgan fingerprint density at radius 2 is 1.59 bits per heavy atom. The Balaban J connectivity index is 1.57. The first-order valence-corrected chi connectivity index (χ1v) is 9.45. The fourth-order valence-corrected chi connectivity index (χ4v) is 3.46. The van der Waals surface area contributed by atoms with Crippen LogP contribution in [0.4, 0.5) is 5.69 Å². The van der Waals surface area contributed by atoms with Crippen molar-refractivity contribution in [3.05, 3.63) is 83.7 Å². The smallest absolute Gasteiger partial charge is 0.224 e. The summed E-state index contributed by atoms with van der Waals surface area (Å²) in [5.74, 6) is 0.0740. The molecule has 1 aromatic heterocycles. The van der Waals surface area contributed by atoms with Gasteiger partial charge in [0.25, 0.3) is 0 Å². The van der Waals surface area contributed by atoms with Crippen LogP contribution >= 0.6 is 0 Å². The summed E-state index contributed by atoms with van der Waals surface area (Å²) in [5, 5.41) is 3.08. The van der Waals surface area contributed by atoms with Gasteiger partial charge in [-0.25, -0.2) is 4.57 Å². The first-order chi connectivity index (χ1) is 13.0. The molecule has 0 saturated heterocycles. The molecule has 3 nitrogen and oxygen atoms in total. The van der Waals surface area contributed by atoms with Gasteiger partial charge in [0.05, 0.1) is 0 Å².